The Bertz CT molecular complexity index is 648. The third-order valence-electron chi connectivity index (χ3n) is 3.17. The predicted octanol–water partition coefficient (Wildman–Crippen LogP) is 1.06. The van der Waals surface area contributed by atoms with Gasteiger partial charge in [0, 0.05) is 32.9 Å². The molecule has 1 aromatic carbocycles. The van der Waals surface area contributed by atoms with Crippen molar-refractivity contribution in [1.29, 1.82) is 0 Å². The second kappa shape index (κ2) is 6.88. The lowest BCUT2D eigenvalue weighted by atomic mass is 10.2. The molecule has 6 nitrogen and oxygen atoms in total. The van der Waals surface area contributed by atoms with Gasteiger partial charge in [-0.15, -0.1) is 0 Å². The van der Waals surface area contributed by atoms with Crippen molar-refractivity contribution in [3.05, 3.63) is 29.6 Å². The Morgan fingerprint density at radius 3 is 2.76 bits per heavy atom. The fraction of sp³-hybridized carbons (Fsp3) is 0.400. The number of aromatic nitrogens is 2. The Morgan fingerprint density at radius 1 is 1.24 bits per heavy atom. The van der Waals surface area contributed by atoms with Crippen LogP contribution in [0, 0.1) is 6.92 Å². The van der Waals surface area contributed by atoms with Gasteiger partial charge >= 0.3 is 0 Å². The largest absolute Gasteiger partial charge is 0.356 e. The first-order valence-corrected chi connectivity index (χ1v) is 7.01. The van der Waals surface area contributed by atoms with Gasteiger partial charge in [-0.3, -0.25) is 9.59 Å². The summed E-state index contributed by atoms with van der Waals surface area (Å²) in [5.41, 5.74) is 3.13. The van der Waals surface area contributed by atoms with Crippen molar-refractivity contribution in [2.45, 2.75) is 26.7 Å². The van der Waals surface area contributed by atoms with Gasteiger partial charge in [0.15, 0.2) is 0 Å². The van der Waals surface area contributed by atoms with Crippen LogP contribution < -0.4 is 10.6 Å². The summed E-state index contributed by atoms with van der Waals surface area (Å²) in [4.78, 5) is 30.0. The second-order valence-corrected chi connectivity index (χ2v) is 4.99. The van der Waals surface area contributed by atoms with Crippen molar-refractivity contribution in [3.63, 3.8) is 0 Å². The van der Waals surface area contributed by atoms with Crippen LogP contribution in [0.1, 0.15) is 24.7 Å². The van der Waals surface area contributed by atoms with E-state index in [1.807, 2.05) is 25.1 Å². The molecule has 0 spiro atoms. The normalized spacial score (nSPS) is 10.6. The second-order valence-electron chi connectivity index (χ2n) is 4.99. The van der Waals surface area contributed by atoms with Crippen LogP contribution in [0.25, 0.3) is 11.0 Å². The van der Waals surface area contributed by atoms with Gasteiger partial charge in [0.1, 0.15) is 5.82 Å². The van der Waals surface area contributed by atoms with Crippen molar-refractivity contribution >= 4 is 22.8 Å². The Labute approximate surface area is 123 Å². The van der Waals surface area contributed by atoms with Gasteiger partial charge in [-0.1, -0.05) is 12.1 Å². The van der Waals surface area contributed by atoms with Crippen molar-refractivity contribution in [3.8, 4) is 0 Å². The molecule has 2 amide bonds. The fourth-order valence-electron chi connectivity index (χ4n) is 2.11. The van der Waals surface area contributed by atoms with E-state index in [0.29, 0.717) is 25.9 Å². The monoisotopic (exact) mass is 288 g/mol. The number of aryl methyl sites for hydroxylation is 1. The third kappa shape index (κ3) is 4.30. The van der Waals surface area contributed by atoms with Gasteiger partial charge in [0.05, 0.1) is 11.0 Å². The lowest BCUT2D eigenvalue weighted by Gasteiger charge is -2.04. The molecule has 0 aliphatic heterocycles. The van der Waals surface area contributed by atoms with Crippen LogP contribution in [0.5, 0.6) is 0 Å². The molecule has 0 bridgehead atoms. The smallest absolute Gasteiger partial charge is 0.221 e. The highest BCUT2D eigenvalue weighted by atomic mass is 16.2. The molecule has 2 aromatic rings. The third-order valence-corrected chi connectivity index (χ3v) is 3.17. The molecule has 0 aliphatic rings. The van der Waals surface area contributed by atoms with E-state index < -0.39 is 0 Å². The maximum absolute atomic E-state index is 11.5. The van der Waals surface area contributed by atoms with E-state index in [-0.39, 0.29) is 11.8 Å². The molecule has 0 aliphatic carbocycles. The number of nitrogens with one attached hydrogen (secondary N) is 3. The van der Waals surface area contributed by atoms with Gasteiger partial charge in [-0.05, 0) is 18.6 Å². The first kappa shape index (κ1) is 15.0. The molecule has 0 atom stereocenters. The van der Waals surface area contributed by atoms with Crippen LogP contribution >= 0.6 is 0 Å². The van der Waals surface area contributed by atoms with Crippen molar-refractivity contribution in [1.82, 2.24) is 20.6 Å². The number of rotatable bonds is 6. The zero-order valence-corrected chi connectivity index (χ0v) is 12.3. The summed E-state index contributed by atoms with van der Waals surface area (Å²) in [5, 5.41) is 5.40. The van der Waals surface area contributed by atoms with Crippen LogP contribution in [-0.2, 0) is 16.0 Å². The number of imidazole rings is 1. The molecule has 112 valence electrons. The Balaban J connectivity index is 1.78. The summed E-state index contributed by atoms with van der Waals surface area (Å²) >= 11 is 0. The highest BCUT2D eigenvalue weighted by Crippen LogP contribution is 2.15. The minimum Gasteiger partial charge on any atom is -0.356 e. The number of carbonyl (C=O) groups is 2. The summed E-state index contributed by atoms with van der Waals surface area (Å²) < 4.78 is 0. The molecular formula is C15H20N4O2. The number of benzene rings is 1. The van der Waals surface area contributed by atoms with Gasteiger partial charge in [0.2, 0.25) is 11.8 Å². The summed E-state index contributed by atoms with van der Waals surface area (Å²) in [7, 11) is 0. The molecule has 6 heteroatoms. The van der Waals surface area contributed by atoms with Crippen LogP contribution in [-0.4, -0.2) is 34.9 Å². The molecule has 21 heavy (non-hydrogen) atoms. The zero-order valence-electron chi connectivity index (χ0n) is 12.3. The molecule has 2 rings (SSSR count). The van der Waals surface area contributed by atoms with E-state index in [4.69, 9.17) is 0 Å². The van der Waals surface area contributed by atoms with E-state index >= 15 is 0 Å². The zero-order chi connectivity index (χ0) is 15.2. The van der Waals surface area contributed by atoms with E-state index in [0.717, 1.165) is 22.4 Å². The summed E-state index contributed by atoms with van der Waals surface area (Å²) in [6.45, 7) is 4.35. The molecule has 1 heterocycles. The molecule has 0 saturated carbocycles. The predicted molar refractivity (Wildman–Crippen MR) is 80.8 cm³/mol. The van der Waals surface area contributed by atoms with Crippen molar-refractivity contribution < 1.29 is 9.59 Å². The van der Waals surface area contributed by atoms with Crippen LogP contribution in [0.2, 0.25) is 0 Å². The van der Waals surface area contributed by atoms with Crippen LogP contribution in [0.15, 0.2) is 18.2 Å². The number of nitrogens with zero attached hydrogens (tertiary/aromatic N) is 1. The van der Waals surface area contributed by atoms with Gasteiger partial charge in [-0.25, -0.2) is 4.98 Å². The first-order valence-electron chi connectivity index (χ1n) is 7.01. The van der Waals surface area contributed by atoms with Crippen LogP contribution in [0.3, 0.4) is 0 Å². The maximum atomic E-state index is 11.5. The lowest BCUT2D eigenvalue weighted by molar-refractivity contribution is -0.121. The van der Waals surface area contributed by atoms with Gasteiger partial charge in [-0.2, -0.15) is 0 Å². The molecular weight excluding hydrogens is 268 g/mol. The Hall–Kier alpha value is -2.37. The maximum Gasteiger partial charge on any atom is 0.221 e. The molecule has 0 fully saturated rings. The quantitative estimate of drug-likeness (QED) is 0.742. The summed E-state index contributed by atoms with van der Waals surface area (Å²) in [6, 6.07) is 6.00. The number of aromatic amines is 1. The topological polar surface area (TPSA) is 86.9 Å². The standard InChI is InChI=1S/C15H20N4O2/c1-10-4-3-5-12-15(10)19-13(18-12)6-8-17-14(21)7-9-16-11(2)20/h3-5H,6-9H2,1-2H3,(H,16,20)(H,17,21)(H,18,19). The highest BCUT2D eigenvalue weighted by Gasteiger charge is 2.06. The fourth-order valence-corrected chi connectivity index (χ4v) is 2.11. The highest BCUT2D eigenvalue weighted by molar-refractivity contribution is 5.79. The van der Waals surface area contributed by atoms with E-state index in [9.17, 15) is 9.59 Å². The van der Waals surface area contributed by atoms with Crippen molar-refractivity contribution in [2.24, 2.45) is 0 Å². The number of carbonyl (C=O) groups excluding carboxylic acids is 2. The minimum atomic E-state index is -0.125. The number of hydrogen-bond acceptors (Lipinski definition) is 3. The van der Waals surface area contributed by atoms with E-state index in [2.05, 4.69) is 20.6 Å². The summed E-state index contributed by atoms with van der Waals surface area (Å²) in [6.07, 6.45) is 0.943. The molecule has 0 saturated heterocycles. The van der Waals surface area contributed by atoms with Gasteiger partial charge < -0.3 is 15.6 Å². The number of H-pyrrole nitrogens is 1. The molecule has 0 unspecified atom stereocenters. The Kier molecular flexibility index (Phi) is 4.92. The number of amides is 2. The SMILES string of the molecule is CC(=O)NCCC(=O)NCCc1nc2c(C)cccc2[nH]1. The number of para-hydroxylation sites is 1. The first-order chi connectivity index (χ1) is 10.1. The van der Waals surface area contributed by atoms with E-state index in [1.165, 1.54) is 6.92 Å². The van der Waals surface area contributed by atoms with Gasteiger partial charge in [0.25, 0.3) is 0 Å². The molecule has 0 radical (unpaired) electrons. The minimum absolute atomic E-state index is 0.0731. The average Bonchev–Trinajstić information content (AvgIpc) is 2.82. The molecule has 1 aromatic heterocycles. The number of fused-ring (bicyclic) bond motifs is 1. The lowest BCUT2D eigenvalue weighted by Crippen LogP contribution is -2.30. The summed E-state index contributed by atoms with van der Waals surface area (Å²) in [5.74, 6) is 0.665. The number of hydrogen-bond donors (Lipinski definition) is 3. The van der Waals surface area contributed by atoms with Crippen LogP contribution in [0.4, 0.5) is 0 Å². The van der Waals surface area contributed by atoms with E-state index in [1.54, 1.807) is 0 Å². The average molecular weight is 288 g/mol. The Morgan fingerprint density at radius 2 is 2.05 bits per heavy atom. The van der Waals surface area contributed by atoms with Crippen molar-refractivity contribution in [2.75, 3.05) is 13.1 Å². The molecule has 3 N–H and O–H groups in total.